The Balaban J connectivity index is 2.64. The van der Waals surface area contributed by atoms with Crippen molar-refractivity contribution in [3.8, 4) is 5.75 Å². The smallest absolute Gasteiger partial charge is 0.274 e. The molecule has 1 rings (SSSR count). The molecule has 0 fully saturated rings. The first-order chi connectivity index (χ1) is 7.13. The molecule has 0 aliphatic rings. The van der Waals surface area contributed by atoms with Gasteiger partial charge in [-0.2, -0.15) is 0 Å². The zero-order chi connectivity index (χ0) is 11.3. The van der Waals surface area contributed by atoms with Crippen molar-refractivity contribution in [3.05, 3.63) is 29.8 Å². The lowest BCUT2D eigenvalue weighted by Crippen LogP contribution is -2.20. The van der Waals surface area contributed by atoms with Crippen LogP contribution in [0.15, 0.2) is 24.3 Å². The summed E-state index contributed by atoms with van der Waals surface area (Å²) in [6, 6.07) is 5.88. The molecule has 80 valence electrons. The average Bonchev–Trinajstić information content (AvgIpc) is 2.26. The number of amides is 2. The third-order valence-electron chi connectivity index (χ3n) is 1.60. The van der Waals surface area contributed by atoms with Gasteiger partial charge in [-0.3, -0.25) is 14.8 Å². The van der Waals surface area contributed by atoms with Crippen LogP contribution in [-0.4, -0.2) is 23.6 Å². The summed E-state index contributed by atoms with van der Waals surface area (Å²) >= 11 is 0. The van der Waals surface area contributed by atoms with Crippen LogP contribution in [0.2, 0.25) is 0 Å². The van der Waals surface area contributed by atoms with Gasteiger partial charge in [0.15, 0.2) is 6.61 Å². The molecule has 15 heavy (non-hydrogen) atoms. The fourth-order valence-electron chi connectivity index (χ4n) is 0.922. The predicted octanol–water partition coefficient (Wildman–Crippen LogP) is -0.330. The minimum Gasteiger partial charge on any atom is -0.484 e. The predicted molar refractivity (Wildman–Crippen MR) is 50.4 cm³/mol. The Labute approximate surface area is 85.6 Å². The third-order valence-corrected chi connectivity index (χ3v) is 1.60. The molecular weight excluding hydrogens is 200 g/mol. The van der Waals surface area contributed by atoms with Crippen LogP contribution in [0.5, 0.6) is 5.75 Å². The van der Waals surface area contributed by atoms with E-state index in [9.17, 15) is 9.59 Å². The standard InChI is InChI=1S/C9H10N2O4/c10-8(12)5-15-7-3-1-6(2-4-7)9(13)11-14/h1-4,14H,5H2,(H2,10,12)(H,11,13). The molecule has 2 amide bonds. The lowest BCUT2D eigenvalue weighted by molar-refractivity contribution is -0.119. The number of hydrogen-bond donors (Lipinski definition) is 3. The van der Waals surface area contributed by atoms with E-state index in [2.05, 4.69) is 0 Å². The summed E-state index contributed by atoms with van der Waals surface area (Å²) in [7, 11) is 0. The highest BCUT2D eigenvalue weighted by Gasteiger charge is 2.03. The fourth-order valence-corrected chi connectivity index (χ4v) is 0.922. The van der Waals surface area contributed by atoms with Gasteiger partial charge in [0.2, 0.25) is 0 Å². The molecule has 1 aromatic rings. The second-order valence-corrected chi connectivity index (χ2v) is 2.72. The number of carbonyl (C=O) groups is 2. The van der Waals surface area contributed by atoms with Crippen LogP contribution in [0.4, 0.5) is 0 Å². The number of nitrogens with two attached hydrogens (primary N) is 1. The first-order valence-corrected chi connectivity index (χ1v) is 4.09. The van der Waals surface area contributed by atoms with E-state index in [1.54, 1.807) is 0 Å². The summed E-state index contributed by atoms with van der Waals surface area (Å²) in [6.07, 6.45) is 0. The Morgan fingerprint density at radius 1 is 1.33 bits per heavy atom. The Kier molecular flexibility index (Phi) is 3.64. The van der Waals surface area contributed by atoms with Crippen LogP contribution >= 0.6 is 0 Å². The molecule has 0 heterocycles. The monoisotopic (exact) mass is 210 g/mol. The van der Waals surface area contributed by atoms with Crippen molar-refractivity contribution < 1.29 is 19.5 Å². The minimum atomic E-state index is -0.614. The normalized spacial score (nSPS) is 9.40. The molecule has 1 aromatic carbocycles. The molecule has 0 spiro atoms. The molecule has 0 aromatic heterocycles. The van der Waals surface area contributed by atoms with E-state index < -0.39 is 11.8 Å². The highest BCUT2D eigenvalue weighted by atomic mass is 16.5. The lowest BCUT2D eigenvalue weighted by atomic mass is 10.2. The number of nitrogens with one attached hydrogen (secondary N) is 1. The Hall–Kier alpha value is -2.08. The highest BCUT2D eigenvalue weighted by Crippen LogP contribution is 2.11. The molecule has 0 aliphatic carbocycles. The SMILES string of the molecule is NC(=O)COc1ccc(C(=O)NO)cc1. The highest BCUT2D eigenvalue weighted by molar-refractivity contribution is 5.93. The van der Waals surface area contributed by atoms with Crippen LogP contribution < -0.4 is 16.0 Å². The maximum atomic E-state index is 10.9. The van der Waals surface area contributed by atoms with Gasteiger partial charge in [-0.15, -0.1) is 0 Å². The van der Waals surface area contributed by atoms with E-state index >= 15 is 0 Å². The maximum absolute atomic E-state index is 10.9. The first-order valence-electron chi connectivity index (χ1n) is 4.09. The molecule has 6 heteroatoms. The van der Waals surface area contributed by atoms with Gasteiger partial charge in [0.25, 0.3) is 11.8 Å². The Bertz CT molecular complexity index is 361. The molecule has 0 atom stereocenters. The van der Waals surface area contributed by atoms with Gasteiger partial charge in [0.05, 0.1) is 0 Å². The molecule has 0 saturated carbocycles. The third kappa shape index (κ3) is 3.28. The van der Waals surface area contributed by atoms with Gasteiger partial charge in [-0.1, -0.05) is 0 Å². The van der Waals surface area contributed by atoms with E-state index in [0.717, 1.165) is 0 Å². The second-order valence-electron chi connectivity index (χ2n) is 2.72. The zero-order valence-electron chi connectivity index (χ0n) is 7.77. The minimum absolute atomic E-state index is 0.217. The molecule has 0 bridgehead atoms. The number of ether oxygens (including phenoxy) is 1. The van der Waals surface area contributed by atoms with Gasteiger partial charge < -0.3 is 10.5 Å². The van der Waals surface area contributed by atoms with Gasteiger partial charge >= 0.3 is 0 Å². The number of hydroxylamine groups is 1. The number of carbonyl (C=O) groups excluding carboxylic acids is 2. The van der Waals surface area contributed by atoms with Crippen LogP contribution in [0.3, 0.4) is 0 Å². The summed E-state index contributed by atoms with van der Waals surface area (Å²) in [5, 5.41) is 8.34. The molecule has 0 aliphatic heterocycles. The van der Waals surface area contributed by atoms with Gasteiger partial charge in [0, 0.05) is 5.56 Å². The quantitative estimate of drug-likeness (QED) is 0.467. The summed E-state index contributed by atoms with van der Waals surface area (Å²) in [5.41, 5.74) is 6.66. The van der Waals surface area contributed by atoms with Crippen molar-refractivity contribution in [1.29, 1.82) is 0 Å². The molecule has 4 N–H and O–H groups in total. The van der Waals surface area contributed by atoms with E-state index in [1.165, 1.54) is 29.7 Å². The Morgan fingerprint density at radius 2 is 1.93 bits per heavy atom. The lowest BCUT2D eigenvalue weighted by Gasteiger charge is -2.04. The van der Waals surface area contributed by atoms with Crippen LogP contribution in [-0.2, 0) is 4.79 Å². The summed E-state index contributed by atoms with van der Waals surface area (Å²) in [4.78, 5) is 21.3. The second kappa shape index (κ2) is 4.97. The van der Waals surface area contributed by atoms with Crippen LogP contribution in [0.1, 0.15) is 10.4 Å². The average molecular weight is 210 g/mol. The van der Waals surface area contributed by atoms with E-state index in [0.29, 0.717) is 5.75 Å². The van der Waals surface area contributed by atoms with E-state index in [-0.39, 0.29) is 12.2 Å². The van der Waals surface area contributed by atoms with Gasteiger partial charge in [0.1, 0.15) is 5.75 Å². The van der Waals surface area contributed by atoms with Gasteiger partial charge in [-0.05, 0) is 24.3 Å². The first kappa shape index (κ1) is 11.0. The summed E-state index contributed by atoms with van der Waals surface area (Å²) in [6.45, 7) is -0.217. The van der Waals surface area contributed by atoms with Crippen molar-refractivity contribution in [2.24, 2.45) is 5.73 Å². The van der Waals surface area contributed by atoms with Gasteiger partial charge in [-0.25, -0.2) is 5.48 Å². The van der Waals surface area contributed by atoms with Crippen molar-refractivity contribution in [1.82, 2.24) is 5.48 Å². The fraction of sp³-hybridized carbons (Fsp3) is 0.111. The Morgan fingerprint density at radius 3 is 2.40 bits per heavy atom. The molecule has 0 saturated heterocycles. The summed E-state index contributed by atoms with van der Waals surface area (Å²) < 4.78 is 4.97. The number of hydrogen-bond acceptors (Lipinski definition) is 4. The maximum Gasteiger partial charge on any atom is 0.274 e. The van der Waals surface area contributed by atoms with Crippen molar-refractivity contribution in [3.63, 3.8) is 0 Å². The number of primary amides is 1. The molecule has 0 radical (unpaired) electrons. The topological polar surface area (TPSA) is 102 Å². The van der Waals surface area contributed by atoms with Crippen molar-refractivity contribution in [2.75, 3.05) is 6.61 Å². The van der Waals surface area contributed by atoms with E-state index in [4.69, 9.17) is 15.7 Å². The molecular formula is C9H10N2O4. The molecule has 0 unspecified atom stereocenters. The largest absolute Gasteiger partial charge is 0.484 e. The van der Waals surface area contributed by atoms with Crippen LogP contribution in [0, 0.1) is 0 Å². The van der Waals surface area contributed by atoms with Crippen LogP contribution in [0.25, 0.3) is 0 Å². The summed E-state index contributed by atoms with van der Waals surface area (Å²) in [5.74, 6) is -0.771. The van der Waals surface area contributed by atoms with Crippen molar-refractivity contribution in [2.45, 2.75) is 0 Å². The number of benzene rings is 1. The zero-order valence-corrected chi connectivity index (χ0v) is 7.77. The number of rotatable bonds is 4. The van der Waals surface area contributed by atoms with Crippen molar-refractivity contribution >= 4 is 11.8 Å². The van der Waals surface area contributed by atoms with E-state index in [1.807, 2.05) is 0 Å². The molecule has 6 nitrogen and oxygen atoms in total.